The lowest BCUT2D eigenvalue weighted by Gasteiger charge is -2.23. The van der Waals surface area contributed by atoms with E-state index in [1.807, 2.05) is 0 Å². The van der Waals surface area contributed by atoms with Crippen LogP contribution < -0.4 is 4.90 Å². The van der Waals surface area contributed by atoms with E-state index in [0.717, 1.165) is 36.8 Å². The van der Waals surface area contributed by atoms with Gasteiger partial charge in [0.2, 0.25) is 0 Å². The van der Waals surface area contributed by atoms with Crippen molar-refractivity contribution < 1.29 is 9.90 Å². The van der Waals surface area contributed by atoms with Crippen molar-refractivity contribution in [1.82, 2.24) is 9.88 Å². The Morgan fingerprint density at radius 2 is 1.95 bits per heavy atom. The summed E-state index contributed by atoms with van der Waals surface area (Å²) in [5.41, 5.74) is 0.840. The number of thiazole rings is 1. The third-order valence-corrected chi connectivity index (χ3v) is 6.01. The van der Waals surface area contributed by atoms with E-state index in [0.29, 0.717) is 16.8 Å². The molecule has 6 heteroatoms. The number of aromatic nitrogens is 1. The molecule has 0 spiro atoms. The molecule has 0 bridgehead atoms. The van der Waals surface area contributed by atoms with Crippen molar-refractivity contribution in [2.75, 3.05) is 31.1 Å². The van der Waals surface area contributed by atoms with Gasteiger partial charge in [-0.05, 0) is 45.2 Å². The SMILES string of the molecule is O=C(O)c1sc(N2CCC(N3CCCC3)C2)nc1C1CC1. The van der Waals surface area contributed by atoms with Crippen LogP contribution in [0.3, 0.4) is 0 Å². The van der Waals surface area contributed by atoms with Crippen LogP contribution in [-0.2, 0) is 0 Å². The Labute approximate surface area is 128 Å². The van der Waals surface area contributed by atoms with Crippen LogP contribution in [0, 0.1) is 0 Å². The Balaban J connectivity index is 1.51. The molecule has 1 saturated carbocycles. The zero-order chi connectivity index (χ0) is 14.4. The maximum Gasteiger partial charge on any atom is 0.347 e. The van der Waals surface area contributed by atoms with E-state index < -0.39 is 5.97 Å². The lowest BCUT2D eigenvalue weighted by Crippen LogP contribution is -2.35. The first-order valence-electron chi connectivity index (χ1n) is 7.95. The highest BCUT2D eigenvalue weighted by atomic mass is 32.1. The number of rotatable bonds is 4. The largest absolute Gasteiger partial charge is 0.477 e. The van der Waals surface area contributed by atoms with Crippen LogP contribution in [0.5, 0.6) is 0 Å². The van der Waals surface area contributed by atoms with Gasteiger partial charge in [0.1, 0.15) is 4.88 Å². The molecule has 4 rings (SSSR count). The summed E-state index contributed by atoms with van der Waals surface area (Å²) in [6, 6.07) is 0.633. The molecule has 1 aromatic heterocycles. The molecule has 21 heavy (non-hydrogen) atoms. The van der Waals surface area contributed by atoms with Crippen molar-refractivity contribution in [1.29, 1.82) is 0 Å². The van der Waals surface area contributed by atoms with Gasteiger partial charge in [-0.25, -0.2) is 9.78 Å². The average Bonchev–Trinajstić information content (AvgIpc) is 2.94. The highest BCUT2D eigenvalue weighted by Gasteiger charge is 2.35. The van der Waals surface area contributed by atoms with E-state index in [2.05, 4.69) is 14.8 Å². The average molecular weight is 307 g/mol. The third kappa shape index (κ3) is 2.55. The predicted molar refractivity (Wildman–Crippen MR) is 82.5 cm³/mol. The van der Waals surface area contributed by atoms with Crippen LogP contribution in [-0.4, -0.2) is 53.2 Å². The number of aromatic carboxylic acids is 1. The molecule has 0 aromatic carbocycles. The van der Waals surface area contributed by atoms with Gasteiger partial charge in [0.05, 0.1) is 5.69 Å². The van der Waals surface area contributed by atoms with E-state index in [1.165, 1.54) is 43.7 Å². The fraction of sp³-hybridized carbons (Fsp3) is 0.733. The van der Waals surface area contributed by atoms with Crippen molar-refractivity contribution in [2.24, 2.45) is 0 Å². The molecule has 114 valence electrons. The Bertz CT molecular complexity index is 549. The van der Waals surface area contributed by atoms with Gasteiger partial charge in [0, 0.05) is 25.0 Å². The van der Waals surface area contributed by atoms with Crippen molar-refractivity contribution in [2.45, 2.75) is 44.1 Å². The van der Waals surface area contributed by atoms with Gasteiger partial charge in [-0.3, -0.25) is 4.90 Å². The standard InChI is InChI=1S/C15H21N3O2S/c19-14(20)13-12(10-3-4-10)16-15(21-13)18-8-5-11(9-18)17-6-1-2-7-17/h10-11H,1-9H2,(H,19,20). The molecule has 1 N–H and O–H groups in total. The van der Waals surface area contributed by atoms with Crippen LogP contribution in [0.4, 0.5) is 5.13 Å². The maximum absolute atomic E-state index is 11.4. The summed E-state index contributed by atoms with van der Waals surface area (Å²) in [7, 11) is 0. The van der Waals surface area contributed by atoms with Crippen molar-refractivity contribution in [3.05, 3.63) is 10.6 Å². The van der Waals surface area contributed by atoms with Gasteiger partial charge in [0.25, 0.3) is 0 Å². The molecular formula is C15H21N3O2S. The molecule has 1 atom stereocenters. The minimum atomic E-state index is -0.809. The van der Waals surface area contributed by atoms with Gasteiger partial charge in [0.15, 0.2) is 5.13 Å². The topological polar surface area (TPSA) is 56.7 Å². The minimum Gasteiger partial charge on any atom is -0.477 e. The zero-order valence-electron chi connectivity index (χ0n) is 12.1. The van der Waals surface area contributed by atoms with Gasteiger partial charge < -0.3 is 10.0 Å². The molecule has 3 aliphatic rings. The number of carbonyl (C=O) groups is 1. The van der Waals surface area contributed by atoms with E-state index in [-0.39, 0.29) is 0 Å². The number of nitrogens with zero attached hydrogens (tertiary/aromatic N) is 3. The maximum atomic E-state index is 11.4. The molecule has 0 amide bonds. The van der Waals surface area contributed by atoms with E-state index in [9.17, 15) is 9.90 Å². The summed E-state index contributed by atoms with van der Waals surface area (Å²) in [5, 5.41) is 10.3. The number of likely N-dealkylation sites (tertiary alicyclic amines) is 1. The molecule has 0 radical (unpaired) electrons. The van der Waals surface area contributed by atoms with Crippen LogP contribution in [0.25, 0.3) is 0 Å². The Hall–Kier alpha value is -1.14. The van der Waals surface area contributed by atoms with Crippen LogP contribution in [0.15, 0.2) is 0 Å². The summed E-state index contributed by atoms with van der Waals surface area (Å²) in [4.78, 5) is 21.4. The number of hydrogen-bond donors (Lipinski definition) is 1. The normalized spacial score (nSPS) is 26.7. The van der Waals surface area contributed by atoms with Gasteiger partial charge in [-0.2, -0.15) is 0 Å². The van der Waals surface area contributed by atoms with Crippen molar-refractivity contribution in [3.63, 3.8) is 0 Å². The quantitative estimate of drug-likeness (QED) is 0.925. The number of anilines is 1. The minimum absolute atomic E-state index is 0.401. The first-order chi connectivity index (χ1) is 10.2. The number of carboxylic acid groups (broad SMARTS) is 1. The summed E-state index contributed by atoms with van der Waals surface area (Å²) in [6.07, 6.45) is 6.02. The van der Waals surface area contributed by atoms with Gasteiger partial charge in [-0.15, -0.1) is 0 Å². The lowest BCUT2D eigenvalue weighted by atomic mass is 10.2. The molecule has 3 heterocycles. The summed E-state index contributed by atoms with van der Waals surface area (Å²) < 4.78 is 0. The first kappa shape index (κ1) is 13.5. The van der Waals surface area contributed by atoms with E-state index in [1.54, 1.807) is 0 Å². The van der Waals surface area contributed by atoms with Gasteiger partial charge >= 0.3 is 5.97 Å². The molecule has 5 nitrogen and oxygen atoms in total. The first-order valence-corrected chi connectivity index (χ1v) is 8.77. The number of hydrogen-bond acceptors (Lipinski definition) is 5. The third-order valence-electron chi connectivity index (χ3n) is 4.89. The van der Waals surface area contributed by atoms with Crippen molar-refractivity contribution >= 4 is 22.4 Å². The molecule has 2 aliphatic heterocycles. The second-order valence-corrected chi connectivity index (χ2v) is 7.40. The van der Waals surface area contributed by atoms with Crippen LogP contribution in [0.2, 0.25) is 0 Å². The fourth-order valence-corrected chi connectivity index (χ4v) is 4.59. The summed E-state index contributed by atoms with van der Waals surface area (Å²) >= 11 is 1.37. The monoisotopic (exact) mass is 307 g/mol. The highest BCUT2D eigenvalue weighted by Crippen LogP contribution is 2.44. The molecule has 1 unspecified atom stereocenters. The second-order valence-electron chi connectivity index (χ2n) is 6.42. The molecule has 1 aromatic rings. The second kappa shape index (κ2) is 5.25. The number of carboxylic acids is 1. The fourth-order valence-electron chi connectivity index (χ4n) is 3.56. The summed E-state index contributed by atoms with van der Waals surface area (Å²) in [5.74, 6) is -0.408. The molecular weight excluding hydrogens is 286 g/mol. The Morgan fingerprint density at radius 3 is 2.62 bits per heavy atom. The van der Waals surface area contributed by atoms with E-state index >= 15 is 0 Å². The lowest BCUT2D eigenvalue weighted by molar-refractivity contribution is 0.0700. The van der Waals surface area contributed by atoms with E-state index in [4.69, 9.17) is 0 Å². The smallest absolute Gasteiger partial charge is 0.347 e. The summed E-state index contributed by atoms with van der Waals surface area (Å²) in [6.45, 7) is 4.47. The molecule has 2 saturated heterocycles. The Morgan fingerprint density at radius 1 is 1.19 bits per heavy atom. The molecule has 1 aliphatic carbocycles. The predicted octanol–water partition coefficient (Wildman–Crippen LogP) is 2.39. The zero-order valence-corrected chi connectivity index (χ0v) is 12.9. The van der Waals surface area contributed by atoms with Crippen molar-refractivity contribution in [3.8, 4) is 0 Å². The Kier molecular flexibility index (Phi) is 3.38. The molecule has 3 fully saturated rings. The van der Waals surface area contributed by atoms with Gasteiger partial charge in [-0.1, -0.05) is 11.3 Å². The van der Waals surface area contributed by atoms with Crippen LogP contribution in [0.1, 0.15) is 53.4 Å². The highest BCUT2D eigenvalue weighted by molar-refractivity contribution is 7.17. The van der Waals surface area contributed by atoms with Crippen LogP contribution >= 0.6 is 11.3 Å².